The third-order valence-electron chi connectivity index (χ3n) is 2.79. The topological polar surface area (TPSA) is 85.1 Å². The van der Waals surface area contributed by atoms with Gasteiger partial charge < -0.3 is 4.42 Å². The molecule has 20 heavy (non-hydrogen) atoms. The zero-order valence-electron chi connectivity index (χ0n) is 10.0. The Balaban J connectivity index is 1.84. The van der Waals surface area contributed by atoms with Gasteiger partial charge in [0.2, 0.25) is 5.89 Å². The summed E-state index contributed by atoms with van der Waals surface area (Å²) in [6.07, 6.45) is 2.00. The number of nitrogens with zero attached hydrogens (tertiary/aromatic N) is 2. The summed E-state index contributed by atoms with van der Waals surface area (Å²) < 4.78 is 32.3. The highest BCUT2D eigenvalue weighted by atomic mass is 79.9. The molecule has 1 N–H and O–H groups in total. The number of hydrogen-bond donors (Lipinski definition) is 1. The zero-order valence-corrected chi connectivity index (χ0v) is 13.2. The second-order valence-corrected chi connectivity index (χ2v) is 7.35. The monoisotopic (exact) mass is 377 g/mol. The minimum Gasteiger partial charge on any atom is -0.407 e. The molecule has 0 amide bonds. The number of anilines is 1. The average Bonchev–Trinajstić information content (AvgIpc) is 3.14. The number of rotatable bonds is 4. The van der Waals surface area contributed by atoms with E-state index in [1.807, 2.05) is 0 Å². The Kier molecular flexibility index (Phi) is 3.47. The number of halogens is 2. The Hall–Kier alpha value is -1.12. The summed E-state index contributed by atoms with van der Waals surface area (Å²) in [6.45, 7) is 0. The van der Waals surface area contributed by atoms with Crippen LogP contribution in [0.5, 0.6) is 0 Å². The van der Waals surface area contributed by atoms with Gasteiger partial charge in [-0.25, -0.2) is 13.1 Å². The predicted octanol–water partition coefficient (Wildman–Crippen LogP) is 3.16. The smallest absolute Gasteiger partial charge is 0.329 e. The molecule has 106 valence electrons. The first kappa shape index (κ1) is 13.8. The molecule has 2 aromatic rings. The SMILES string of the molecule is O=S(=O)(Nc1nnc(C2CC2)o1)c1ccc(Cl)c(Br)c1. The van der Waals surface area contributed by atoms with Crippen LogP contribution < -0.4 is 4.72 Å². The van der Waals surface area contributed by atoms with Gasteiger partial charge in [-0.3, -0.25) is 0 Å². The minimum absolute atomic E-state index is 0.0555. The van der Waals surface area contributed by atoms with Crippen LogP contribution in [-0.2, 0) is 10.0 Å². The van der Waals surface area contributed by atoms with E-state index in [0.29, 0.717) is 15.4 Å². The van der Waals surface area contributed by atoms with Crippen LogP contribution in [0.3, 0.4) is 0 Å². The molecule has 1 saturated carbocycles. The Morgan fingerprint density at radius 2 is 2.10 bits per heavy atom. The van der Waals surface area contributed by atoms with E-state index in [2.05, 4.69) is 30.8 Å². The van der Waals surface area contributed by atoms with E-state index in [-0.39, 0.29) is 16.8 Å². The highest BCUT2D eigenvalue weighted by Gasteiger charge is 2.30. The third-order valence-corrected chi connectivity index (χ3v) is 5.32. The molecule has 0 bridgehead atoms. The van der Waals surface area contributed by atoms with Crippen LogP contribution in [-0.4, -0.2) is 18.6 Å². The van der Waals surface area contributed by atoms with E-state index in [9.17, 15) is 8.42 Å². The number of nitrogens with one attached hydrogen (secondary N) is 1. The molecule has 0 radical (unpaired) electrons. The fourth-order valence-electron chi connectivity index (χ4n) is 1.59. The summed E-state index contributed by atoms with van der Waals surface area (Å²) in [5.41, 5.74) is 0. The summed E-state index contributed by atoms with van der Waals surface area (Å²) >= 11 is 9.01. The lowest BCUT2D eigenvalue weighted by molar-refractivity contribution is 0.510. The van der Waals surface area contributed by atoms with E-state index in [1.165, 1.54) is 18.2 Å². The lowest BCUT2D eigenvalue weighted by atomic mass is 10.4. The van der Waals surface area contributed by atoms with Crippen LogP contribution in [0.1, 0.15) is 24.7 Å². The molecule has 0 spiro atoms. The van der Waals surface area contributed by atoms with Gasteiger partial charge in [-0.2, -0.15) is 0 Å². The van der Waals surface area contributed by atoms with Gasteiger partial charge in [-0.15, -0.1) is 5.10 Å². The van der Waals surface area contributed by atoms with Crippen molar-refractivity contribution < 1.29 is 12.8 Å². The summed E-state index contributed by atoms with van der Waals surface area (Å²) in [5, 5.41) is 7.93. The maximum atomic E-state index is 12.2. The van der Waals surface area contributed by atoms with E-state index < -0.39 is 10.0 Å². The molecule has 9 heteroatoms. The van der Waals surface area contributed by atoms with Crippen LogP contribution in [0.2, 0.25) is 5.02 Å². The highest BCUT2D eigenvalue weighted by Crippen LogP contribution is 2.39. The molecule has 1 aliphatic rings. The van der Waals surface area contributed by atoms with Gasteiger partial charge in [0, 0.05) is 10.4 Å². The number of benzene rings is 1. The Morgan fingerprint density at radius 1 is 1.35 bits per heavy atom. The maximum Gasteiger partial charge on any atom is 0.329 e. The van der Waals surface area contributed by atoms with Crippen molar-refractivity contribution in [2.24, 2.45) is 0 Å². The van der Waals surface area contributed by atoms with Crippen LogP contribution in [0.15, 0.2) is 32.0 Å². The van der Waals surface area contributed by atoms with E-state index >= 15 is 0 Å². The van der Waals surface area contributed by atoms with Crippen LogP contribution in [0, 0.1) is 0 Å². The predicted molar refractivity (Wildman–Crippen MR) is 76.2 cm³/mol. The molecule has 1 fully saturated rings. The molecule has 0 atom stereocenters. The van der Waals surface area contributed by atoms with Gasteiger partial charge in [0.05, 0.1) is 9.92 Å². The van der Waals surface area contributed by atoms with E-state index in [1.54, 1.807) is 0 Å². The van der Waals surface area contributed by atoms with Crippen molar-refractivity contribution in [3.63, 3.8) is 0 Å². The second kappa shape index (κ2) is 5.01. The highest BCUT2D eigenvalue weighted by molar-refractivity contribution is 9.10. The van der Waals surface area contributed by atoms with Crippen LogP contribution >= 0.6 is 27.5 Å². The largest absolute Gasteiger partial charge is 0.407 e. The molecule has 6 nitrogen and oxygen atoms in total. The van der Waals surface area contributed by atoms with Gasteiger partial charge in [0.25, 0.3) is 10.0 Å². The molecule has 3 rings (SSSR count). The standard InChI is InChI=1S/C11H9BrClN3O3S/c12-8-5-7(3-4-9(8)13)20(17,18)16-11-15-14-10(19-11)6-1-2-6/h3-6H,1-2H2,(H,15,16). The lowest BCUT2D eigenvalue weighted by Crippen LogP contribution is -2.13. The van der Waals surface area contributed by atoms with Gasteiger partial charge in [0.1, 0.15) is 0 Å². The lowest BCUT2D eigenvalue weighted by Gasteiger charge is -2.05. The molecular weight excluding hydrogens is 370 g/mol. The third kappa shape index (κ3) is 2.82. The van der Waals surface area contributed by atoms with Crippen molar-refractivity contribution in [2.75, 3.05) is 4.72 Å². The fraction of sp³-hybridized carbons (Fsp3) is 0.273. The fourth-order valence-corrected chi connectivity index (χ4v) is 3.19. The van der Waals surface area contributed by atoms with Crippen LogP contribution in [0.4, 0.5) is 6.01 Å². The first-order valence-electron chi connectivity index (χ1n) is 5.77. The molecule has 1 heterocycles. The Bertz CT molecular complexity index is 758. The zero-order chi connectivity index (χ0) is 14.3. The number of sulfonamides is 1. The number of aromatic nitrogens is 2. The molecule has 0 saturated heterocycles. The van der Waals surface area contributed by atoms with Gasteiger partial charge in [-0.1, -0.05) is 16.7 Å². The van der Waals surface area contributed by atoms with Crippen molar-refractivity contribution >= 4 is 43.6 Å². The Labute approximate surface area is 128 Å². The second-order valence-electron chi connectivity index (χ2n) is 4.40. The van der Waals surface area contributed by atoms with Crippen molar-refractivity contribution in [2.45, 2.75) is 23.7 Å². The first-order chi connectivity index (χ1) is 9.45. The summed E-state index contributed by atoms with van der Waals surface area (Å²) in [7, 11) is -3.78. The molecule has 1 aliphatic carbocycles. The maximum absolute atomic E-state index is 12.2. The van der Waals surface area contributed by atoms with Crippen molar-refractivity contribution in [1.29, 1.82) is 0 Å². The average molecular weight is 379 g/mol. The van der Waals surface area contributed by atoms with Crippen molar-refractivity contribution in [3.8, 4) is 0 Å². The van der Waals surface area contributed by atoms with Crippen molar-refractivity contribution in [3.05, 3.63) is 33.6 Å². The van der Waals surface area contributed by atoms with E-state index in [4.69, 9.17) is 16.0 Å². The molecule has 1 aromatic heterocycles. The van der Waals surface area contributed by atoms with Gasteiger partial charge >= 0.3 is 6.01 Å². The quantitative estimate of drug-likeness (QED) is 0.883. The molecular formula is C11H9BrClN3O3S. The van der Waals surface area contributed by atoms with E-state index in [0.717, 1.165) is 12.8 Å². The first-order valence-corrected chi connectivity index (χ1v) is 8.42. The van der Waals surface area contributed by atoms with Crippen LogP contribution in [0.25, 0.3) is 0 Å². The summed E-state index contributed by atoms with van der Waals surface area (Å²) in [6, 6.07) is 4.16. The van der Waals surface area contributed by atoms with Gasteiger partial charge in [0.15, 0.2) is 0 Å². The molecule has 0 aliphatic heterocycles. The van der Waals surface area contributed by atoms with Crippen molar-refractivity contribution in [1.82, 2.24) is 10.2 Å². The van der Waals surface area contributed by atoms with Gasteiger partial charge in [-0.05, 0) is 47.0 Å². The normalized spacial score (nSPS) is 15.3. The summed E-state index contributed by atoms with van der Waals surface area (Å²) in [4.78, 5) is 0.0555. The molecule has 1 aromatic carbocycles. The Morgan fingerprint density at radius 3 is 2.75 bits per heavy atom. The minimum atomic E-state index is -3.78. The number of hydrogen-bond acceptors (Lipinski definition) is 5. The summed E-state index contributed by atoms with van der Waals surface area (Å²) in [5.74, 6) is 0.741. The molecule has 0 unspecified atom stereocenters.